The van der Waals surface area contributed by atoms with Crippen LogP contribution in [0.15, 0.2) is 48.5 Å². The largest absolute Gasteiger partial charge is 0.374 e. The quantitative estimate of drug-likeness (QED) is 0.782. The van der Waals surface area contributed by atoms with Crippen LogP contribution in [0.5, 0.6) is 0 Å². The van der Waals surface area contributed by atoms with E-state index in [4.69, 9.17) is 0 Å². The van der Waals surface area contributed by atoms with Gasteiger partial charge in [0.15, 0.2) is 5.78 Å². The zero-order chi connectivity index (χ0) is 18.6. The van der Waals surface area contributed by atoms with Gasteiger partial charge in [0, 0.05) is 16.9 Å². The zero-order valence-electron chi connectivity index (χ0n) is 15.5. The number of benzene rings is 2. The highest BCUT2D eigenvalue weighted by atomic mass is 16.2. The lowest BCUT2D eigenvalue weighted by Gasteiger charge is -2.20. The highest BCUT2D eigenvalue weighted by molar-refractivity contribution is 5.97. The molecule has 25 heavy (non-hydrogen) atoms. The summed E-state index contributed by atoms with van der Waals surface area (Å²) >= 11 is 0. The van der Waals surface area contributed by atoms with E-state index in [1.54, 1.807) is 24.3 Å². The van der Waals surface area contributed by atoms with Crippen molar-refractivity contribution >= 4 is 23.1 Å². The summed E-state index contributed by atoms with van der Waals surface area (Å²) in [6.45, 7) is 9.84. The Labute approximate surface area is 149 Å². The zero-order valence-corrected chi connectivity index (χ0v) is 15.5. The number of rotatable bonds is 5. The Bertz CT molecular complexity index is 741. The fourth-order valence-electron chi connectivity index (χ4n) is 2.42. The van der Waals surface area contributed by atoms with Gasteiger partial charge in [0.2, 0.25) is 5.91 Å². The van der Waals surface area contributed by atoms with Crippen molar-refractivity contribution in [3.63, 3.8) is 0 Å². The maximum atomic E-state index is 12.3. The third-order valence-corrected chi connectivity index (χ3v) is 4.09. The second-order valence-electron chi connectivity index (χ2n) is 7.32. The Morgan fingerprint density at radius 3 is 1.88 bits per heavy atom. The summed E-state index contributed by atoms with van der Waals surface area (Å²) in [4.78, 5) is 23.6. The minimum absolute atomic E-state index is 0.00612. The molecule has 0 saturated heterocycles. The van der Waals surface area contributed by atoms with Gasteiger partial charge in [-0.2, -0.15) is 0 Å². The van der Waals surface area contributed by atoms with Crippen molar-refractivity contribution in [2.45, 2.75) is 46.1 Å². The predicted octanol–water partition coefficient (Wildman–Crippen LogP) is 4.63. The van der Waals surface area contributed by atoms with E-state index < -0.39 is 0 Å². The third kappa shape index (κ3) is 5.18. The maximum Gasteiger partial charge on any atom is 0.246 e. The topological polar surface area (TPSA) is 58.2 Å². The molecule has 0 unspecified atom stereocenters. The number of Topliss-reactive ketones (excluding diaryl/α,β-unsaturated/α-hetero) is 1. The van der Waals surface area contributed by atoms with Crippen molar-refractivity contribution in [3.8, 4) is 0 Å². The van der Waals surface area contributed by atoms with E-state index in [-0.39, 0.29) is 23.1 Å². The van der Waals surface area contributed by atoms with Crippen LogP contribution in [0.2, 0.25) is 0 Å². The molecule has 0 spiro atoms. The lowest BCUT2D eigenvalue weighted by atomic mass is 9.87. The number of nitrogens with one attached hydrogen (secondary N) is 2. The van der Waals surface area contributed by atoms with Crippen molar-refractivity contribution in [3.05, 3.63) is 59.7 Å². The molecule has 132 valence electrons. The van der Waals surface area contributed by atoms with Crippen LogP contribution in [-0.4, -0.2) is 17.7 Å². The molecule has 0 aliphatic carbocycles. The van der Waals surface area contributed by atoms with E-state index in [2.05, 4.69) is 43.5 Å². The van der Waals surface area contributed by atoms with Crippen molar-refractivity contribution in [2.75, 3.05) is 10.6 Å². The first-order chi connectivity index (χ1) is 11.7. The van der Waals surface area contributed by atoms with Gasteiger partial charge in [0.1, 0.15) is 6.04 Å². The molecule has 0 saturated carbocycles. The summed E-state index contributed by atoms with van der Waals surface area (Å²) in [5.41, 5.74) is 3.56. The van der Waals surface area contributed by atoms with Gasteiger partial charge in [0.05, 0.1) is 0 Å². The first kappa shape index (κ1) is 18.7. The third-order valence-electron chi connectivity index (χ3n) is 4.09. The number of anilines is 2. The summed E-state index contributed by atoms with van der Waals surface area (Å²) < 4.78 is 0. The van der Waals surface area contributed by atoms with Crippen LogP contribution in [0.1, 0.15) is 50.5 Å². The Morgan fingerprint density at radius 1 is 0.880 bits per heavy atom. The molecule has 4 heteroatoms. The molecular formula is C21H26N2O2. The van der Waals surface area contributed by atoms with E-state index in [0.717, 1.165) is 5.69 Å². The Kier molecular flexibility index (Phi) is 5.62. The average Bonchev–Trinajstić information content (AvgIpc) is 2.55. The van der Waals surface area contributed by atoms with Gasteiger partial charge in [-0.25, -0.2) is 0 Å². The van der Waals surface area contributed by atoms with Crippen LogP contribution >= 0.6 is 0 Å². The molecule has 1 atom stereocenters. The SMILES string of the molecule is CC(=O)c1ccc(NC(=O)[C@H](C)Nc2ccc(C(C)(C)C)cc2)cc1. The number of carbonyl (C=O) groups is 2. The van der Waals surface area contributed by atoms with E-state index in [9.17, 15) is 9.59 Å². The Hall–Kier alpha value is -2.62. The van der Waals surface area contributed by atoms with E-state index in [0.29, 0.717) is 11.3 Å². The fraction of sp³-hybridized carbons (Fsp3) is 0.333. The molecule has 4 nitrogen and oxygen atoms in total. The molecule has 0 aliphatic rings. The molecular weight excluding hydrogens is 312 g/mol. The highest BCUT2D eigenvalue weighted by Crippen LogP contribution is 2.23. The summed E-state index contributed by atoms with van der Waals surface area (Å²) in [5.74, 6) is -0.123. The van der Waals surface area contributed by atoms with Crippen LogP contribution in [0.3, 0.4) is 0 Å². The summed E-state index contributed by atoms with van der Waals surface area (Å²) in [6, 6.07) is 14.6. The summed E-state index contributed by atoms with van der Waals surface area (Å²) in [5, 5.41) is 6.05. The van der Waals surface area contributed by atoms with Gasteiger partial charge in [-0.1, -0.05) is 32.9 Å². The molecule has 0 heterocycles. The molecule has 0 radical (unpaired) electrons. The lowest BCUT2D eigenvalue weighted by Crippen LogP contribution is -2.31. The molecule has 2 aromatic rings. The normalized spacial score (nSPS) is 12.4. The van der Waals surface area contributed by atoms with Gasteiger partial charge >= 0.3 is 0 Å². The number of hydrogen-bond acceptors (Lipinski definition) is 3. The molecule has 0 aromatic heterocycles. The van der Waals surface area contributed by atoms with Gasteiger partial charge < -0.3 is 10.6 Å². The average molecular weight is 338 g/mol. The van der Waals surface area contributed by atoms with Crippen molar-refractivity contribution in [1.82, 2.24) is 0 Å². The summed E-state index contributed by atoms with van der Waals surface area (Å²) in [6.07, 6.45) is 0. The number of carbonyl (C=O) groups excluding carboxylic acids is 2. The standard InChI is InChI=1S/C21H26N2O2/c1-14(22-18-12-8-17(9-13-18)21(3,4)5)20(25)23-19-10-6-16(7-11-19)15(2)24/h6-14,22H,1-5H3,(H,23,25)/t14-/m0/s1. The van der Waals surface area contributed by atoms with Gasteiger partial charge in [-0.3, -0.25) is 9.59 Å². The van der Waals surface area contributed by atoms with Crippen LogP contribution in [0, 0.1) is 0 Å². The Balaban J connectivity index is 1.96. The van der Waals surface area contributed by atoms with Crippen molar-refractivity contribution in [2.24, 2.45) is 0 Å². The van der Waals surface area contributed by atoms with E-state index >= 15 is 0 Å². The Morgan fingerprint density at radius 2 is 1.40 bits per heavy atom. The van der Waals surface area contributed by atoms with Gasteiger partial charge in [-0.05, 0) is 61.2 Å². The van der Waals surface area contributed by atoms with Crippen molar-refractivity contribution in [1.29, 1.82) is 0 Å². The minimum atomic E-state index is -0.382. The van der Waals surface area contributed by atoms with E-state index in [1.807, 2.05) is 19.1 Å². The second-order valence-corrected chi connectivity index (χ2v) is 7.32. The number of ketones is 1. The molecule has 0 bridgehead atoms. The van der Waals surface area contributed by atoms with Gasteiger partial charge in [0.25, 0.3) is 0 Å². The smallest absolute Gasteiger partial charge is 0.246 e. The van der Waals surface area contributed by atoms with Crippen molar-refractivity contribution < 1.29 is 9.59 Å². The minimum Gasteiger partial charge on any atom is -0.374 e. The molecule has 0 aliphatic heterocycles. The van der Waals surface area contributed by atoms with Crippen LogP contribution in [0.4, 0.5) is 11.4 Å². The van der Waals surface area contributed by atoms with Crippen LogP contribution in [-0.2, 0) is 10.2 Å². The molecule has 0 fully saturated rings. The molecule has 2 aromatic carbocycles. The molecule has 2 rings (SSSR count). The molecule has 1 amide bonds. The van der Waals surface area contributed by atoms with Gasteiger partial charge in [-0.15, -0.1) is 0 Å². The highest BCUT2D eigenvalue weighted by Gasteiger charge is 2.15. The van der Waals surface area contributed by atoms with E-state index in [1.165, 1.54) is 12.5 Å². The lowest BCUT2D eigenvalue weighted by molar-refractivity contribution is -0.116. The number of amides is 1. The number of hydrogen-bond donors (Lipinski definition) is 2. The first-order valence-corrected chi connectivity index (χ1v) is 8.46. The maximum absolute atomic E-state index is 12.3. The summed E-state index contributed by atoms with van der Waals surface area (Å²) in [7, 11) is 0. The fourth-order valence-corrected chi connectivity index (χ4v) is 2.42. The van der Waals surface area contributed by atoms with Crippen LogP contribution in [0.25, 0.3) is 0 Å². The second kappa shape index (κ2) is 7.51. The van der Waals surface area contributed by atoms with Crippen LogP contribution < -0.4 is 10.6 Å². The predicted molar refractivity (Wildman–Crippen MR) is 103 cm³/mol. The monoisotopic (exact) mass is 338 g/mol. The first-order valence-electron chi connectivity index (χ1n) is 8.46. The molecule has 2 N–H and O–H groups in total.